The van der Waals surface area contributed by atoms with Gasteiger partial charge in [-0.05, 0) is 24.3 Å². The molecule has 0 aliphatic heterocycles. The second-order valence-corrected chi connectivity index (χ2v) is 4.66. The summed E-state index contributed by atoms with van der Waals surface area (Å²) in [6.45, 7) is 0. The Bertz CT molecular complexity index is 323. The molecule has 0 aromatic heterocycles. The van der Waals surface area contributed by atoms with Crippen LogP contribution in [0.25, 0.3) is 6.08 Å². The Morgan fingerprint density at radius 3 is 2.44 bits per heavy atom. The van der Waals surface area contributed by atoms with E-state index in [1.54, 1.807) is 0 Å². The van der Waals surface area contributed by atoms with E-state index < -0.39 is 0 Å². The SMILES string of the molecule is O[C@H](/C=C/c1ccccc1)C1CCCCC1. The first-order chi connectivity index (χ1) is 7.86. The first kappa shape index (κ1) is 11.4. The van der Waals surface area contributed by atoms with E-state index >= 15 is 0 Å². The number of benzene rings is 1. The number of aliphatic hydroxyl groups excluding tert-OH is 1. The minimum Gasteiger partial charge on any atom is -0.389 e. The maximum Gasteiger partial charge on any atom is 0.0752 e. The number of rotatable bonds is 3. The van der Waals surface area contributed by atoms with Crippen LogP contribution in [0.15, 0.2) is 36.4 Å². The summed E-state index contributed by atoms with van der Waals surface area (Å²) < 4.78 is 0. The van der Waals surface area contributed by atoms with Crippen LogP contribution in [0, 0.1) is 5.92 Å². The van der Waals surface area contributed by atoms with Crippen molar-refractivity contribution in [3.8, 4) is 0 Å². The van der Waals surface area contributed by atoms with E-state index in [2.05, 4.69) is 12.1 Å². The molecule has 1 atom stereocenters. The third-order valence-corrected chi connectivity index (χ3v) is 3.42. The van der Waals surface area contributed by atoms with Crippen LogP contribution in [-0.2, 0) is 0 Å². The average Bonchev–Trinajstić information content (AvgIpc) is 2.38. The Kier molecular flexibility index (Phi) is 4.17. The molecule has 16 heavy (non-hydrogen) atoms. The fraction of sp³-hybridized carbons (Fsp3) is 0.467. The van der Waals surface area contributed by atoms with Gasteiger partial charge in [-0.3, -0.25) is 0 Å². The quantitative estimate of drug-likeness (QED) is 0.817. The third-order valence-electron chi connectivity index (χ3n) is 3.42. The van der Waals surface area contributed by atoms with Crippen LogP contribution in [0.2, 0.25) is 0 Å². The van der Waals surface area contributed by atoms with Gasteiger partial charge in [0.2, 0.25) is 0 Å². The zero-order chi connectivity index (χ0) is 11.2. The highest BCUT2D eigenvalue weighted by molar-refractivity contribution is 5.49. The minimum absolute atomic E-state index is 0.263. The van der Waals surface area contributed by atoms with Gasteiger partial charge in [0.25, 0.3) is 0 Å². The lowest BCUT2D eigenvalue weighted by Crippen LogP contribution is -2.20. The standard InChI is InChI=1S/C15H20O/c16-15(14-9-5-2-6-10-14)12-11-13-7-3-1-4-8-13/h1,3-4,7-8,11-12,14-16H,2,5-6,9-10H2/b12-11+/t15-/m1/s1. The van der Waals surface area contributed by atoms with Crippen LogP contribution in [0.1, 0.15) is 37.7 Å². The number of hydrogen-bond acceptors (Lipinski definition) is 1. The van der Waals surface area contributed by atoms with Crippen LogP contribution in [0.3, 0.4) is 0 Å². The molecule has 1 N–H and O–H groups in total. The molecule has 0 heterocycles. The molecule has 1 heteroatoms. The number of aliphatic hydroxyl groups is 1. The van der Waals surface area contributed by atoms with Crippen molar-refractivity contribution in [3.05, 3.63) is 42.0 Å². The highest BCUT2D eigenvalue weighted by Crippen LogP contribution is 2.27. The lowest BCUT2D eigenvalue weighted by molar-refractivity contribution is 0.126. The summed E-state index contributed by atoms with van der Waals surface area (Å²) in [5.74, 6) is 0.480. The van der Waals surface area contributed by atoms with E-state index in [-0.39, 0.29) is 6.10 Å². The van der Waals surface area contributed by atoms with Crippen molar-refractivity contribution < 1.29 is 5.11 Å². The van der Waals surface area contributed by atoms with Crippen molar-refractivity contribution in [2.24, 2.45) is 5.92 Å². The second kappa shape index (κ2) is 5.86. The molecular formula is C15H20O. The van der Waals surface area contributed by atoms with Crippen molar-refractivity contribution in [1.29, 1.82) is 0 Å². The zero-order valence-corrected chi connectivity index (χ0v) is 9.68. The van der Waals surface area contributed by atoms with Crippen molar-refractivity contribution in [2.75, 3.05) is 0 Å². The topological polar surface area (TPSA) is 20.2 Å². The maximum absolute atomic E-state index is 10.0. The molecule has 86 valence electrons. The molecule has 1 aliphatic carbocycles. The smallest absolute Gasteiger partial charge is 0.0752 e. The van der Waals surface area contributed by atoms with Gasteiger partial charge in [0.05, 0.1) is 6.10 Å². The summed E-state index contributed by atoms with van der Waals surface area (Å²) >= 11 is 0. The van der Waals surface area contributed by atoms with E-state index in [4.69, 9.17) is 0 Å². The minimum atomic E-state index is -0.263. The molecule has 1 fully saturated rings. The van der Waals surface area contributed by atoms with Gasteiger partial charge < -0.3 is 5.11 Å². The summed E-state index contributed by atoms with van der Waals surface area (Å²) in [6, 6.07) is 10.2. The molecule has 1 aromatic carbocycles. The molecular weight excluding hydrogens is 196 g/mol. The van der Waals surface area contributed by atoms with Crippen LogP contribution >= 0.6 is 0 Å². The molecule has 1 nitrogen and oxygen atoms in total. The number of hydrogen-bond donors (Lipinski definition) is 1. The van der Waals surface area contributed by atoms with E-state index in [0.29, 0.717) is 5.92 Å². The molecule has 2 rings (SSSR count). The fourth-order valence-corrected chi connectivity index (χ4v) is 2.41. The molecule has 0 bridgehead atoms. The Balaban J connectivity index is 1.91. The first-order valence-corrected chi connectivity index (χ1v) is 6.27. The lowest BCUT2D eigenvalue weighted by atomic mass is 9.85. The molecule has 1 aliphatic rings. The second-order valence-electron chi connectivity index (χ2n) is 4.66. The van der Waals surface area contributed by atoms with Gasteiger partial charge in [0.1, 0.15) is 0 Å². The molecule has 0 unspecified atom stereocenters. The van der Waals surface area contributed by atoms with Crippen molar-refractivity contribution in [3.63, 3.8) is 0 Å². The highest BCUT2D eigenvalue weighted by Gasteiger charge is 2.19. The van der Waals surface area contributed by atoms with Crippen molar-refractivity contribution in [1.82, 2.24) is 0 Å². The summed E-state index contributed by atoms with van der Waals surface area (Å²) in [5, 5.41) is 10.0. The van der Waals surface area contributed by atoms with Gasteiger partial charge in [0, 0.05) is 0 Å². The fourth-order valence-electron chi connectivity index (χ4n) is 2.41. The Labute approximate surface area is 97.8 Å². The van der Waals surface area contributed by atoms with Crippen LogP contribution in [-0.4, -0.2) is 11.2 Å². The molecule has 0 spiro atoms. The molecule has 0 amide bonds. The Morgan fingerprint density at radius 1 is 1.06 bits per heavy atom. The van der Waals surface area contributed by atoms with Gasteiger partial charge in [-0.25, -0.2) is 0 Å². The van der Waals surface area contributed by atoms with E-state index in [9.17, 15) is 5.11 Å². The predicted octanol–water partition coefficient (Wildman–Crippen LogP) is 3.64. The summed E-state index contributed by atoms with van der Waals surface area (Å²) in [5.41, 5.74) is 1.16. The van der Waals surface area contributed by atoms with Crippen LogP contribution in [0.4, 0.5) is 0 Å². The largest absolute Gasteiger partial charge is 0.389 e. The highest BCUT2D eigenvalue weighted by atomic mass is 16.3. The summed E-state index contributed by atoms with van der Waals surface area (Å²) in [4.78, 5) is 0. The Morgan fingerprint density at radius 2 is 1.75 bits per heavy atom. The third kappa shape index (κ3) is 3.21. The lowest BCUT2D eigenvalue weighted by Gasteiger charge is -2.24. The zero-order valence-electron chi connectivity index (χ0n) is 9.68. The maximum atomic E-state index is 10.0. The van der Waals surface area contributed by atoms with Gasteiger partial charge in [0.15, 0.2) is 0 Å². The average molecular weight is 216 g/mol. The molecule has 1 saturated carbocycles. The molecule has 1 aromatic rings. The predicted molar refractivity (Wildman–Crippen MR) is 68.1 cm³/mol. The summed E-state index contributed by atoms with van der Waals surface area (Å²) in [7, 11) is 0. The monoisotopic (exact) mass is 216 g/mol. The Hall–Kier alpha value is -1.08. The molecule has 0 saturated heterocycles. The van der Waals surface area contributed by atoms with Crippen LogP contribution in [0.5, 0.6) is 0 Å². The molecule has 0 radical (unpaired) electrons. The summed E-state index contributed by atoms with van der Waals surface area (Å²) in [6.07, 6.45) is 9.97. The van der Waals surface area contributed by atoms with Crippen molar-refractivity contribution in [2.45, 2.75) is 38.2 Å². The van der Waals surface area contributed by atoms with Crippen molar-refractivity contribution >= 4 is 6.08 Å². The van der Waals surface area contributed by atoms with E-state index in [1.165, 1.54) is 32.1 Å². The van der Waals surface area contributed by atoms with E-state index in [1.807, 2.05) is 30.4 Å². The van der Waals surface area contributed by atoms with Gasteiger partial charge in [-0.1, -0.05) is 61.7 Å². The normalized spacial score (nSPS) is 20.1. The first-order valence-electron chi connectivity index (χ1n) is 6.27. The van der Waals surface area contributed by atoms with Crippen LogP contribution < -0.4 is 0 Å². The van der Waals surface area contributed by atoms with Gasteiger partial charge in [-0.15, -0.1) is 0 Å². The van der Waals surface area contributed by atoms with Gasteiger partial charge >= 0.3 is 0 Å². The van der Waals surface area contributed by atoms with Gasteiger partial charge in [-0.2, -0.15) is 0 Å². The van der Waals surface area contributed by atoms with E-state index in [0.717, 1.165) is 5.56 Å².